The molecule has 0 bridgehead atoms. The van der Waals surface area contributed by atoms with Gasteiger partial charge in [0, 0.05) is 6.20 Å². The Morgan fingerprint density at radius 2 is 2.20 bits per heavy atom. The van der Waals surface area contributed by atoms with E-state index in [1.54, 1.807) is 24.4 Å². The molecule has 2 aromatic heterocycles. The predicted octanol–water partition coefficient (Wildman–Crippen LogP) is 3.51. The molecule has 5 heteroatoms. The molecule has 0 radical (unpaired) electrons. The van der Waals surface area contributed by atoms with Crippen molar-refractivity contribution < 1.29 is 4.79 Å². The molecule has 0 aliphatic heterocycles. The number of carbonyl (C=O) groups excluding carboxylic acids is 1. The van der Waals surface area contributed by atoms with Gasteiger partial charge in [-0.1, -0.05) is 30.4 Å². The van der Waals surface area contributed by atoms with Crippen LogP contribution in [0.5, 0.6) is 0 Å². The Labute approximate surface area is 120 Å². The molecule has 0 aliphatic rings. The number of aromatic nitrogens is 2. The highest BCUT2D eigenvalue weighted by Crippen LogP contribution is 2.27. The smallest absolute Gasteiger partial charge is 0.276 e. The maximum Gasteiger partial charge on any atom is 0.276 e. The summed E-state index contributed by atoms with van der Waals surface area (Å²) in [4.78, 5) is 20.4. The van der Waals surface area contributed by atoms with Crippen LogP contribution in [0.2, 0.25) is 0 Å². The molecule has 4 nitrogen and oxygen atoms in total. The second-order valence-electron chi connectivity index (χ2n) is 4.34. The first-order chi connectivity index (χ1) is 9.76. The van der Waals surface area contributed by atoms with E-state index in [9.17, 15) is 4.79 Å². The van der Waals surface area contributed by atoms with Crippen LogP contribution in [-0.2, 0) is 6.42 Å². The van der Waals surface area contributed by atoms with Crippen LogP contribution in [0.1, 0.15) is 23.0 Å². The molecule has 1 amide bonds. The molecule has 0 saturated carbocycles. The number of rotatable bonds is 3. The highest BCUT2D eigenvalue weighted by molar-refractivity contribution is 7.22. The van der Waals surface area contributed by atoms with Crippen molar-refractivity contribution in [2.24, 2.45) is 0 Å². The van der Waals surface area contributed by atoms with E-state index in [0.717, 1.165) is 16.6 Å². The fraction of sp³-hybridized carbons (Fsp3) is 0.133. The summed E-state index contributed by atoms with van der Waals surface area (Å²) in [5.41, 5.74) is 2.56. The van der Waals surface area contributed by atoms with Crippen molar-refractivity contribution in [1.29, 1.82) is 0 Å². The molecule has 2 heterocycles. The zero-order valence-electron chi connectivity index (χ0n) is 11.0. The number of aryl methyl sites for hydroxylation is 1. The van der Waals surface area contributed by atoms with Gasteiger partial charge in [0.1, 0.15) is 5.69 Å². The number of carbonyl (C=O) groups is 1. The number of amides is 1. The number of pyridine rings is 1. The number of hydrogen-bond donors (Lipinski definition) is 1. The molecule has 0 spiro atoms. The summed E-state index contributed by atoms with van der Waals surface area (Å²) in [5.74, 6) is -0.236. The van der Waals surface area contributed by atoms with Gasteiger partial charge in [-0.3, -0.25) is 15.1 Å². The second kappa shape index (κ2) is 5.38. The van der Waals surface area contributed by atoms with Crippen LogP contribution in [-0.4, -0.2) is 15.9 Å². The third kappa shape index (κ3) is 2.53. The quantitative estimate of drug-likeness (QED) is 0.800. The molecule has 0 saturated heterocycles. The van der Waals surface area contributed by atoms with E-state index < -0.39 is 0 Å². The summed E-state index contributed by atoms with van der Waals surface area (Å²) in [6.07, 6.45) is 2.59. The van der Waals surface area contributed by atoms with Crippen LogP contribution in [0, 0.1) is 0 Å². The Kier molecular flexibility index (Phi) is 3.43. The van der Waals surface area contributed by atoms with Gasteiger partial charge in [-0.15, -0.1) is 0 Å². The molecule has 0 aliphatic carbocycles. The van der Waals surface area contributed by atoms with Crippen molar-refractivity contribution in [3.05, 3.63) is 53.9 Å². The lowest BCUT2D eigenvalue weighted by Gasteiger charge is -1.99. The fourth-order valence-corrected chi connectivity index (χ4v) is 2.83. The van der Waals surface area contributed by atoms with E-state index in [1.807, 2.05) is 6.07 Å². The first-order valence-electron chi connectivity index (χ1n) is 6.38. The van der Waals surface area contributed by atoms with Gasteiger partial charge in [-0.05, 0) is 36.2 Å². The summed E-state index contributed by atoms with van der Waals surface area (Å²) in [5, 5.41) is 3.39. The van der Waals surface area contributed by atoms with Crippen molar-refractivity contribution in [2.75, 3.05) is 5.32 Å². The van der Waals surface area contributed by atoms with Gasteiger partial charge in [0.15, 0.2) is 5.13 Å². The summed E-state index contributed by atoms with van der Waals surface area (Å²) in [6, 6.07) is 11.4. The molecule has 1 aromatic carbocycles. The van der Waals surface area contributed by atoms with Gasteiger partial charge in [-0.25, -0.2) is 4.98 Å². The Bertz CT molecular complexity index is 752. The lowest BCUT2D eigenvalue weighted by Crippen LogP contribution is -2.12. The highest BCUT2D eigenvalue weighted by Gasteiger charge is 2.10. The third-order valence-corrected chi connectivity index (χ3v) is 3.91. The van der Waals surface area contributed by atoms with Crippen LogP contribution in [0.3, 0.4) is 0 Å². The fourth-order valence-electron chi connectivity index (χ4n) is 1.90. The third-order valence-electron chi connectivity index (χ3n) is 2.98. The van der Waals surface area contributed by atoms with E-state index in [1.165, 1.54) is 16.9 Å². The number of thiazole rings is 1. The highest BCUT2D eigenvalue weighted by atomic mass is 32.1. The van der Waals surface area contributed by atoms with Crippen molar-refractivity contribution in [1.82, 2.24) is 9.97 Å². The Morgan fingerprint density at radius 1 is 1.30 bits per heavy atom. The minimum absolute atomic E-state index is 0.236. The van der Waals surface area contributed by atoms with Crippen LogP contribution >= 0.6 is 11.3 Å². The number of anilines is 1. The van der Waals surface area contributed by atoms with Crippen LogP contribution in [0.15, 0.2) is 42.6 Å². The lowest BCUT2D eigenvalue weighted by atomic mass is 10.2. The lowest BCUT2D eigenvalue weighted by molar-refractivity contribution is 0.102. The Morgan fingerprint density at radius 3 is 2.95 bits per heavy atom. The molecule has 0 fully saturated rings. The number of benzene rings is 1. The first-order valence-corrected chi connectivity index (χ1v) is 7.20. The monoisotopic (exact) mass is 283 g/mol. The van der Waals surface area contributed by atoms with Gasteiger partial charge in [-0.2, -0.15) is 0 Å². The molecule has 0 atom stereocenters. The van der Waals surface area contributed by atoms with Gasteiger partial charge in [0.25, 0.3) is 5.91 Å². The SMILES string of the molecule is CCc1ccc2nc(NC(=O)c3ccccn3)sc2c1. The van der Waals surface area contributed by atoms with Crippen molar-refractivity contribution in [3.63, 3.8) is 0 Å². The van der Waals surface area contributed by atoms with E-state index in [-0.39, 0.29) is 5.91 Å². The molecule has 100 valence electrons. The van der Waals surface area contributed by atoms with Crippen molar-refractivity contribution in [2.45, 2.75) is 13.3 Å². The maximum absolute atomic E-state index is 12.0. The summed E-state index contributed by atoms with van der Waals surface area (Å²) >= 11 is 1.48. The number of fused-ring (bicyclic) bond motifs is 1. The molecule has 0 unspecified atom stereocenters. The Hall–Kier alpha value is -2.27. The van der Waals surface area contributed by atoms with Gasteiger partial charge < -0.3 is 0 Å². The maximum atomic E-state index is 12.0. The van der Waals surface area contributed by atoms with Crippen molar-refractivity contribution >= 4 is 32.6 Å². The van der Waals surface area contributed by atoms with E-state index in [0.29, 0.717) is 10.8 Å². The summed E-state index contributed by atoms with van der Waals surface area (Å²) in [7, 11) is 0. The summed E-state index contributed by atoms with van der Waals surface area (Å²) in [6.45, 7) is 2.12. The van der Waals surface area contributed by atoms with E-state index in [2.05, 4.69) is 34.3 Å². The number of nitrogens with one attached hydrogen (secondary N) is 1. The van der Waals surface area contributed by atoms with Gasteiger partial charge in [0.05, 0.1) is 10.2 Å². The molecule has 20 heavy (non-hydrogen) atoms. The second-order valence-corrected chi connectivity index (χ2v) is 5.37. The number of nitrogens with zero attached hydrogens (tertiary/aromatic N) is 2. The zero-order valence-corrected chi connectivity index (χ0v) is 11.8. The van der Waals surface area contributed by atoms with Gasteiger partial charge in [0.2, 0.25) is 0 Å². The van der Waals surface area contributed by atoms with Crippen molar-refractivity contribution in [3.8, 4) is 0 Å². The predicted molar refractivity (Wildman–Crippen MR) is 81.2 cm³/mol. The molecule has 1 N–H and O–H groups in total. The normalized spacial score (nSPS) is 10.7. The standard InChI is InChI=1S/C15H13N3OS/c1-2-10-6-7-11-13(9-10)20-15(17-11)18-14(19)12-5-3-4-8-16-12/h3-9H,2H2,1H3,(H,17,18,19). The topological polar surface area (TPSA) is 54.9 Å². The van der Waals surface area contributed by atoms with E-state index >= 15 is 0 Å². The number of hydrogen-bond acceptors (Lipinski definition) is 4. The largest absolute Gasteiger partial charge is 0.296 e. The minimum atomic E-state index is -0.236. The zero-order chi connectivity index (χ0) is 13.9. The summed E-state index contributed by atoms with van der Waals surface area (Å²) < 4.78 is 1.08. The molecular weight excluding hydrogens is 270 g/mol. The molecule has 3 rings (SSSR count). The molecular formula is C15H13N3OS. The average Bonchev–Trinajstić information content (AvgIpc) is 2.89. The van der Waals surface area contributed by atoms with E-state index in [4.69, 9.17) is 0 Å². The van der Waals surface area contributed by atoms with Crippen LogP contribution in [0.4, 0.5) is 5.13 Å². The first kappa shape index (κ1) is 12.7. The van der Waals surface area contributed by atoms with Gasteiger partial charge >= 0.3 is 0 Å². The average molecular weight is 283 g/mol. The molecule has 3 aromatic rings. The minimum Gasteiger partial charge on any atom is -0.296 e. The Balaban J connectivity index is 1.86. The van der Waals surface area contributed by atoms with Crippen LogP contribution in [0.25, 0.3) is 10.2 Å². The van der Waals surface area contributed by atoms with Crippen LogP contribution < -0.4 is 5.32 Å².